The maximum atomic E-state index is 13.6. The van der Waals surface area contributed by atoms with E-state index >= 15 is 0 Å². The number of aliphatic hydroxyl groups is 1. The van der Waals surface area contributed by atoms with Gasteiger partial charge < -0.3 is 47.1 Å². The number of halogens is 10. The second-order valence-corrected chi connectivity index (χ2v) is 30.8. The largest absolute Gasteiger partial charge is 0.465 e. The first-order chi connectivity index (χ1) is 57.0. The Morgan fingerprint density at radius 2 is 0.820 bits per heavy atom. The van der Waals surface area contributed by atoms with E-state index in [0.29, 0.717) is 91.7 Å². The number of carbonyl (C=O) groups is 5. The summed E-state index contributed by atoms with van der Waals surface area (Å²) in [5.74, 6) is 0.687. The number of aldehydes is 1. The lowest BCUT2D eigenvalue weighted by Crippen LogP contribution is -2.27. The number of aryl methyl sites for hydroxylation is 7. The van der Waals surface area contributed by atoms with Crippen molar-refractivity contribution in [3.63, 3.8) is 0 Å². The first-order valence-corrected chi connectivity index (χ1v) is 38.3. The van der Waals surface area contributed by atoms with Crippen LogP contribution in [0.4, 0.5) is 53.9 Å². The normalized spacial score (nSPS) is 12.1. The minimum atomic E-state index is -4.75. The van der Waals surface area contributed by atoms with Gasteiger partial charge in [0, 0.05) is 27.8 Å². The van der Waals surface area contributed by atoms with E-state index in [0.717, 1.165) is 45.0 Å². The van der Waals surface area contributed by atoms with Crippen molar-refractivity contribution < 1.29 is 111 Å². The number of alkyl halides is 9. The average Bonchev–Trinajstić information content (AvgIpc) is 1.59. The average molecular weight is 1770 g/mol. The molecule has 0 aliphatic rings. The van der Waals surface area contributed by atoms with Gasteiger partial charge in [0.2, 0.25) is 5.78 Å². The Labute approximate surface area is 701 Å². The standard InChI is InChI=1S/C26H27F3N4O5.C26H25F3N4O5.C20H23N3O5.C7H8.C6H3BrF3N/c2*1-7-36-23-31-21-16(22(34)17-9-8-10-19(30-17)26(27,28)29)11-15(20-13(2)32-38-14(20)3)12-18(21)33(23)24(35)37-25(4,5)6;1-7-26-18-21-17-14(10-24)8-13(16-11(2)22-28-12(16)3)9-15(17)23(18)19(25)27-20(4,5)6;1-7-5-3-2-4-6-7;7-5-3-1-2-4(11-5)6(8,9)10/h8-12,22,34H,7H2,1-6H3;8-12H,7H2,1-6H3;8-10H,7H2,1-6H3;2-6H,1H3;1-3H. The minimum Gasteiger partial charge on any atom is -0.465 e. The van der Waals surface area contributed by atoms with Gasteiger partial charge in [-0.3, -0.25) is 9.59 Å². The number of aromatic nitrogens is 12. The summed E-state index contributed by atoms with van der Waals surface area (Å²) >= 11 is 2.84. The third-order valence-electron chi connectivity index (χ3n) is 17.0. The lowest BCUT2D eigenvalue weighted by Gasteiger charge is -2.20. The Balaban J connectivity index is 0.000000189. The van der Waals surface area contributed by atoms with Crippen LogP contribution in [0, 0.1) is 48.5 Å². The number of aliphatic hydroxyl groups excluding tert-OH is 1. The monoisotopic (exact) mass is 1760 g/mol. The van der Waals surface area contributed by atoms with Crippen molar-refractivity contribution in [2.24, 2.45) is 0 Å². The molecule has 0 aliphatic heterocycles. The van der Waals surface area contributed by atoms with Gasteiger partial charge in [-0.2, -0.15) is 68.2 Å². The SMILES string of the molecule is CCOc1nc2c(C(=O)c3cccc(C(F)(F)F)n3)cc(-c3c(C)noc3C)cc2n1C(=O)OC(C)(C)C.CCOc1nc2c(C(O)c3cccc(C(F)(F)F)n3)cc(-c3c(C)noc3C)cc2n1C(=O)OC(C)(C)C.CCOc1nc2c(C=O)cc(-c3c(C)noc3C)cc2n1C(=O)OC(C)(C)C.Cc1ccccc1.FC(F)(F)c1cccc(Br)n1. The first-order valence-electron chi connectivity index (χ1n) is 37.5. The van der Waals surface area contributed by atoms with Crippen LogP contribution in [0.2, 0.25) is 0 Å². The number of fused-ring (bicyclic) bond motifs is 3. The number of ether oxygens (including phenoxy) is 6. The quantitative estimate of drug-likeness (QED) is 0.0347. The van der Waals surface area contributed by atoms with E-state index in [-0.39, 0.29) is 74.7 Å². The number of imidazole rings is 3. The Kier molecular flexibility index (Phi) is 28.7. The van der Waals surface area contributed by atoms with Crippen LogP contribution in [0.5, 0.6) is 18.0 Å². The molecule has 0 saturated heterocycles. The van der Waals surface area contributed by atoms with Crippen LogP contribution in [0.1, 0.15) is 184 Å². The molecular weight excluding hydrogens is 1680 g/mol. The summed E-state index contributed by atoms with van der Waals surface area (Å²) in [5, 5.41) is 23.2. The van der Waals surface area contributed by atoms with Crippen molar-refractivity contribution in [2.75, 3.05) is 19.8 Å². The van der Waals surface area contributed by atoms with Crippen molar-refractivity contribution in [1.82, 2.24) is 59.1 Å². The summed E-state index contributed by atoms with van der Waals surface area (Å²) in [6.07, 6.45) is -17.0. The number of hydrogen-bond acceptors (Lipinski definition) is 24. The number of benzene rings is 4. The lowest BCUT2D eigenvalue weighted by atomic mass is 9.96. The zero-order chi connectivity index (χ0) is 90.2. The predicted molar refractivity (Wildman–Crippen MR) is 432 cm³/mol. The highest BCUT2D eigenvalue weighted by Crippen LogP contribution is 2.42. The number of rotatable bonds is 14. The van der Waals surface area contributed by atoms with Crippen LogP contribution in [0.15, 0.2) is 139 Å². The molecule has 1 N–H and O–H groups in total. The van der Waals surface area contributed by atoms with E-state index in [1.165, 1.54) is 40.5 Å². The van der Waals surface area contributed by atoms with E-state index in [1.807, 2.05) is 25.1 Å². The molecular formula is C85H86BrF9N12O15. The fourth-order valence-electron chi connectivity index (χ4n) is 12.1. The van der Waals surface area contributed by atoms with Gasteiger partial charge >= 0.3 is 54.8 Å². The molecule has 122 heavy (non-hydrogen) atoms. The molecule has 4 aromatic carbocycles. The van der Waals surface area contributed by atoms with Gasteiger partial charge in [-0.1, -0.05) is 69.6 Å². The molecule has 1 atom stereocenters. The number of pyridine rings is 3. The van der Waals surface area contributed by atoms with Gasteiger partial charge in [0.15, 0.2) is 6.29 Å². The van der Waals surface area contributed by atoms with E-state index in [2.05, 4.69) is 80.4 Å². The van der Waals surface area contributed by atoms with E-state index in [1.54, 1.807) is 148 Å². The third-order valence-corrected chi connectivity index (χ3v) is 17.4. The van der Waals surface area contributed by atoms with Crippen molar-refractivity contribution in [3.05, 3.63) is 211 Å². The van der Waals surface area contributed by atoms with Crippen LogP contribution >= 0.6 is 15.9 Å². The van der Waals surface area contributed by atoms with Crippen molar-refractivity contribution in [2.45, 2.75) is 173 Å². The van der Waals surface area contributed by atoms with Crippen molar-refractivity contribution in [3.8, 4) is 51.4 Å². The van der Waals surface area contributed by atoms with E-state index < -0.39 is 88.3 Å². The molecule has 0 amide bonds. The smallest absolute Gasteiger partial charge is 0.433 e. The topological polar surface area (TPSA) is 331 Å². The van der Waals surface area contributed by atoms with Crippen LogP contribution in [0.3, 0.4) is 0 Å². The summed E-state index contributed by atoms with van der Waals surface area (Å²) in [7, 11) is 0. The highest BCUT2D eigenvalue weighted by Gasteiger charge is 2.38. The highest BCUT2D eigenvalue weighted by atomic mass is 79.9. The van der Waals surface area contributed by atoms with Crippen LogP contribution in [-0.4, -0.2) is 131 Å². The zero-order valence-corrected chi connectivity index (χ0v) is 71.2. The highest BCUT2D eigenvalue weighted by molar-refractivity contribution is 9.10. The van der Waals surface area contributed by atoms with Crippen LogP contribution in [-0.2, 0) is 32.7 Å². The molecule has 0 fully saturated rings. The third kappa shape index (κ3) is 22.5. The molecule has 27 nitrogen and oxygen atoms in total. The zero-order valence-electron chi connectivity index (χ0n) is 69.6. The second kappa shape index (κ2) is 37.5. The van der Waals surface area contributed by atoms with Crippen molar-refractivity contribution >= 4 is 79.4 Å². The molecule has 1 unspecified atom stereocenters. The molecule has 9 heterocycles. The van der Waals surface area contributed by atoms with Gasteiger partial charge in [0.05, 0.1) is 70.2 Å². The maximum Gasteiger partial charge on any atom is 0.433 e. The summed E-state index contributed by atoms with van der Waals surface area (Å²) in [4.78, 5) is 88.3. The molecule has 0 bridgehead atoms. The van der Waals surface area contributed by atoms with Crippen LogP contribution in [0.25, 0.3) is 66.5 Å². The molecule has 13 aromatic rings. The molecule has 646 valence electrons. The Morgan fingerprint density at radius 1 is 0.451 bits per heavy atom. The number of nitrogens with zero attached hydrogens (tertiary/aromatic N) is 12. The molecule has 0 aliphatic carbocycles. The number of ketones is 1. The summed E-state index contributed by atoms with van der Waals surface area (Å²) in [6, 6.07) is 29.8. The number of hydrogen-bond donors (Lipinski definition) is 1. The fraction of sp³-hybridized carbons (Fsp3) is 0.341. The minimum absolute atomic E-state index is 0.0269. The van der Waals surface area contributed by atoms with Gasteiger partial charge in [-0.25, -0.2) is 29.3 Å². The lowest BCUT2D eigenvalue weighted by molar-refractivity contribution is -0.142. The van der Waals surface area contributed by atoms with Gasteiger partial charge in [-0.05, 0) is 237 Å². The molecule has 37 heteroatoms. The van der Waals surface area contributed by atoms with Crippen LogP contribution < -0.4 is 14.2 Å². The molecule has 13 rings (SSSR count). The Morgan fingerprint density at radius 3 is 1.19 bits per heavy atom. The predicted octanol–water partition coefficient (Wildman–Crippen LogP) is 21.3. The Bertz CT molecular complexity index is 5930. The summed E-state index contributed by atoms with van der Waals surface area (Å²) in [6.45, 7) is 33.8. The fourth-order valence-corrected chi connectivity index (χ4v) is 12.5. The molecule has 0 radical (unpaired) electrons. The van der Waals surface area contributed by atoms with E-state index in [4.69, 9.17) is 42.0 Å². The molecule has 0 spiro atoms. The number of carbonyl (C=O) groups excluding carboxylic acids is 5. The summed E-state index contributed by atoms with van der Waals surface area (Å²) < 4.78 is 168. The molecule has 9 aromatic heterocycles. The maximum absolute atomic E-state index is 13.6. The van der Waals surface area contributed by atoms with Crippen molar-refractivity contribution in [1.29, 1.82) is 0 Å². The Hall–Kier alpha value is -12.7. The van der Waals surface area contributed by atoms with Gasteiger partial charge in [-0.15, -0.1) is 0 Å². The summed E-state index contributed by atoms with van der Waals surface area (Å²) in [5.41, 5.74) is 1.83. The van der Waals surface area contributed by atoms with Gasteiger partial charge in [0.25, 0.3) is 0 Å². The van der Waals surface area contributed by atoms with E-state index in [9.17, 15) is 68.6 Å². The first kappa shape index (κ1) is 93.2. The second-order valence-electron chi connectivity index (χ2n) is 30.0. The molecule has 0 saturated carbocycles. The van der Waals surface area contributed by atoms with Gasteiger partial charge in [0.1, 0.15) is 78.6 Å².